The van der Waals surface area contributed by atoms with E-state index in [0.29, 0.717) is 6.04 Å². The third-order valence-electron chi connectivity index (χ3n) is 3.55. The molecule has 3 rings (SSSR count). The number of aromatic nitrogens is 1. The normalized spacial score (nSPS) is 16.5. The first-order valence-corrected chi connectivity index (χ1v) is 6.64. The van der Waals surface area contributed by atoms with Gasteiger partial charge >= 0.3 is 0 Å². The van der Waals surface area contributed by atoms with Crippen LogP contribution in [-0.2, 0) is 4.74 Å². The highest BCUT2D eigenvalue weighted by Gasteiger charge is 2.15. The molecular weight excluding hydrogens is 240 g/mol. The third kappa shape index (κ3) is 2.49. The maximum Gasteiger partial charge on any atom is 0.134 e. The van der Waals surface area contributed by atoms with E-state index in [9.17, 15) is 0 Å². The van der Waals surface area contributed by atoms with Gasteiger partial charge in [-0.25, -0.2) is 4.98 Å². The van der Waals surface area contributed by atoms with Crippen molar-refractivity contribution in [3.63, 3.8) is 0 Å². The molecule has 0 bridgehead atoms. The molecular formula is C15H18N2O2. The number of nitrogens with one attached hydrogen (secondary N) is 1. The van der Waals surface area contributed by atoms with Crippen molar-refractivity contribution >= 4 is 16.6 Å². The van der Waals surface area contributed by atoms with E-state index in [4.69, 9.17) is 9.47 Å². The fraction of sp³-hybridized carbons (Fsp3) is 0.400. The van der Waals surface area contributed by atoms with Gasteiger partial charge in [-0.05, 0) is 25.0 Å². The molecule has 1 fully saturated rings. The molecule has 0 radical (unpaired) electrons. The molecule has 19 heavy (non-hydrogen) atoms. The molecule has 2 heterocycles. The van der Waals surface area contributed by atoms with Crippen LogP contribution in [0.4, 0.5) is 5.82 Å². The lowest BCUT2D eigenvalue weighted by Gasteiger charge is -2.24. The SMILES string of the molecule is COc1cccc2c(NC3CCOCC3)nccc12. The second-order valence-electron chi connectivity index (χ2n) is 4.75. The Balaban J connectivity index is 1.94. The maximum atomic E-state index is 5.40. The number of hydrogen-bond donors (Lipinski definition) is 1. The first-order chi connectivity index (χ1) is 9.38. The summed E-state index contributed by atoms with van der Waals surface area (Å²) in [5.74, 6) is 1.82. The van der Waals surface area contributed by atoms with E-state index in [-0.39, 0.29) is 0 Å². The molecule has 1 N–H and O–H groups in total. The summed E-state index contributed by atoms with van der Waals surface area (Å²) in [6.07, 6.45) is 3.89. The molecule has 0 unspecified atom stereocenters. The van der Waals surface area contributed by atoms with Crippen LogP contribution in [0.15, 0.2) is 30.5 Å². The van der Waals surface area contributed by atoms with E-state index in [1.165, 1.54) is 0 Å². The number of hydrogen-bond acceptors (Lipinski definition) is 4. The van der Waals surface area contributed by atoms with Crippen molar-refractivity contribution in [3.05, 3.63) is 30.5 Å². The molecule has 0 atom stereocenters. The maximum absolute atomic E-state index is 5.40. The van der Waals surface area contributed by atoms with Gasteiger partial charge < -0.3 is 14.8 Å². The van der Waals surface area contributed by atoms with Crippen LogP contribution in [0.1, 0.15) is 12.8 Å². The first-order valence-electron chi connectivity index (χ1n) is 6.64. The van der Waals surface area contributed by atoms with Crippen molar-refractivity contribution in [2.24, 2.45) is 0 Å². The molecule has 1 saturated heterocycles. The van der Waals surface area contributed by atoms with Gasteiger partial charge in [0.25, 0.3) is 0 Å². The molecule has 0 saturated carbocycles. The van der Waals surface area contributed by atoms with Crippen LogP contribution in [0.2, 0.25) is 0 Å². The van der Waals surface area contributed by atoms with E-state index in [1.54, 1.807) is 7.11 Å². The van der Waals surface area contributed by atoms with E-state index < -0.39 is 0 Å². The lowest BCUT2D eigenvalue weighted by Crippen LogP contribution is -2.28. The molecule has 1 aliphatic heterocycles. The van der Waals surface area contributed by atoms with Gasteiger partial charge in [0.15, 0.2) is 0 Å². The van der Waals surface area contributed by atoms with Crippen LogP contribution in [0, 0.1) is 0 Å². The fourth-order valence-electron chi connectivity index (χ4n) is 2.51. The summed E-state index contributed by atoms with van der Waals surface area (Å²) in [5, 5.41) is 5.73. The van der Waals surface area contributed by atoms with Gasteiger partial charge in [0, 0.05) is 36.2 Å². The Kier molecular flexibility index (Phi) is 3.51. The Bertz CT molecular complexity index is 565. The number of methoxy groups -OCH3 is 1. The quantitative estimate of drug-likeness (QED) is 0.919. The highest BCUT2D eigenvalue weighted by molar-refractivity contribution is 5.95. The Labute approximate surface area is 112 Å². The average Bonchev–Trinajstić information content (AvgIpc) is 2.48. The van der Waals surface area contributed by atoms with Crippen molar-refractivity contribution in [2.75, 3.05) is 25.6 Å². The molecule has 100 valence electrons. The molecule has 2 aromatic rings. The largest absolute Gasteiger partial charge is 0.496 e. The minimum Gasteiger partial charge on any atom is -0.496 e. The zero-order valence-corrected chi connectivity index (χ0v) is 11.1. The van der Waals surface area contributed by atoms with E-state index in [0.717, 1.165) is 48.4 Å². The van der Waals surface area contributed by atoms with Gasteiger partial charge in [0.2, 0.25) is 0 Å². The standard InChI is InChI=1S/C15H18N2O2/c1-18-14-4-2-3-13-12(14)5-8-16-15(13)17-11-6-9-19-10-7-11/h2-5,8,11H,6-7,9-10H2,1H3,(H,16,17). The van der Waals surface area contributed by atoms with Crippen molar-refractivity contribution in [3.8, 4) is 5.75 Å². The number of rotatable bonds is 3. The molecule has 0 aliphatic carbocycles. The van der Waals surface area contributed by atoms with Crippen LogP contribution < -0.4 is 10.1 Å². The first kappa shape index (κ1) is 12.2. The van der Waals surface area contributed by atoms with Crippen molar-refractivity contribution < 1.29 is 9.47 Å². The highest BCUT2D eigenvalue weighted by atomic mass is 16.5. The number of anilines is 1. The smallest absolute Gasteiger partial charge is 0.134 e. The zero-order valence-electron chi connectivity index (χ0n) is 11.1. The summed E-state index contributed by atoms with van der Waals surface area (Å²) in [7, 11) is 1.70. The Morgan fingerprint density at radius 1 is 1.21 bits per heavy atom. The summed E-state index contributed by atoms with van der Waals surface area (Å²) >= 11 is 0. The van der Waals surface area contributed by atoms with E-state index in [1.807, 2.05) is 24.4 Å². The summed E-state index contributed by atoms with van der Waals surface area (Å²) < 4.78 is 10.8. The fourth-order valence-corrected chi connectivity index (χ4v) is 2.51. The third-order valence-corrected chi connectivity index (χ3v) is 3.55. The van der Waals surface area contributed by atoms with Crippen LogP contribution in [0.3, 0.4) is 0 Å². The number of ether oxygens (including phenoxy) is 2. The summed E-state index contributed by atoms with van der Waals surface area (Å²) in [6.45, 7) is 1.65. The van der Waals surface area contributed by atoms with Crippen molar-refractivity contribution in [1.82, 2.24) is 4.98 Å². The second kappa shape index (κ2) is 5.45. The predicted molar refractivity (Wildman–Crippen MR) is 75.8 cm³/mol. The van der Waals surface area contributed by atoms with Crippen LogP contribution in [0.25, 0.3) is 10.8 Å². The van der Waals surface area contributed by atoms with Crippen molar-refractivity contribution in [1.29, 1.82) is 0 Å². The number of benzene rings is 1. The van der Waals surface area contributed by atoms with Crippen LogP contribution in [0.5, 0.6) is 5.75 Å². The minimum absolute atomic E-state index is 0.443. The molecule has 1 aliphatic rings. The number of pyridine rings is 1. The summed E-state index contributed by atoms with van der Waals surface area (Å²) in [6, 6.07) is 8.48. The van der Waals surface area contributed by atoms with Gasteiger partial charge in [-0.2, -0.15) is 0 Å². The zero-order chi connectivity index (χ0) is 13.1. The summed E-state index contributed by atoms with van der Waals surface area (Å²) in [4.78, 5) is 4.47. The van der Waals surface area contributed by atoms with Crippen LogP contribution >= 0.6 is 0 Å². The molecule has 0 spiro atoms. The van der Waals surface area contributed by atoms with E-state index in [2.05, 4.69) is 16.4 Å². The highest BCUT2D eigenvalue weighted by Crippen LogP contribution is 2.29. The molecule has 4 nitrogen and oxygen atoms in total. The average molecular weight is 258 g/mol. The van der Waals surface area contributed by atoms with Crippen molar-refractivity contribution in [2.45, 2.75) is 18.9 Å². The molecule has 1 aromatic heterocycles. The van der Waals surface area contributed by atoms with Gasteiger partial charge in [-0.1, -0.05) is 12.1 Å². The predicted octanol–water partition coefficient (Wildman–Crippen LogP) is 2.83. The lowest BCUT2D eigenvalue weighted by atomic mass is 10.1. The number of nitrogens with zero attached hydrogens (tertiary/aromatic N) is 1. The van der Waals surface area contributed by atoms with Crippen LogP contribution in [-0.4, -0.2) is 31.3 Å². The van der Waals surface area contributed by atoms with Gasteiger partial charge in [0.05, 0.1) is 7.11 Å². The van der Waals surface area contributed by atoms with Gasteiger partial charge in [-0.15, -0.1) is 0 Å². The Morgan fingerprint density at radius 3 is 2.84 bits per heavy atom. The Morgan fingerprint density at radius 2 is 2.05 bits per heavy atom. The number of fused-ring (bicyclic) bond motifs is 1. The monoisotopic (exact) mass is 258 g/mol. The molecule has 1 aromatic carbocycles. The topological polar surface area (TPSA) is 43.4 Å². The van der Waals surface area contributed by atoms with E-state index >= 15 is 0 Å². The molecule has 0 amide bonds. The molecule has 4 heteroatoms. The second-order valence-corrected chi connectivity index (χ2v) is 4.75. The summed E-state index contributed by atoms with van der Waals surface area (Å²) in [5.41, 5.74) is 0. The lowest BCUT2D eigenvalue weighted by molar-refractivity contribution is 0.0904. The minimum atomic E-state index is 0.443. The van der Waals surface area contributed by atoms with Gasteiger partial charge in [-0.3, -0.25) is 0 Å². The Hall–Kier alpha value is -1.81. The van der Waals surface area contributed by atoms with Gasteiger partial charge in [0.1, 0.15) is 11.6 Å².